The third-order valence-corrected chi connectivity index (χ3v) is 6.11. The summed E-state index contributed by atoms with van der Waals surface area (Å²) >= 11 is 0. The van der Waals surface area contributed by atoms with E-state index in [0.717, 1.165) is 38.0 Å². The summed E-state index contributed by atoms with van der Waals surface area (Å²) in [6, 6.07) is 6.36. The van der Waals surface area contributed by atoms with Crippen molar-refractivity contribution in [3.63, 3.8) is 0 Å². The summed E-state index contributed by atoms with van der Waals surface area (Å²) in [5, 5.41) is 0. The molecule has 4 rings (SSSR count). The molecule has 144 valence electrons. The summed E-state index contributed by atoms with van der Waals surface area (Å²) in [7, 11) is 0. The van der Waals surface area contributed by atoms with Gasteiger partial charge >= 0.3 is 0 Å². The van der Waals surface area contributed by atoms with Crippen molar-refractivity contribution >= 4 is 5.91 Å². The molecule has 0 radical (unpaired) electrons. The third kappa shape index (κ3) is 4.07. The van der Waals surface area contributed by atoms with Crippen molar-refractivity contribution in [3.8, 4) is 0 Å². The molecule has 0 bridgehead atoms. The van der Waals surface area contributed by atoms with E-state index in [1.54, 1.807) is 6.07 Å². The van der Waals surface area contributed by atoms with Crippen LogP contribution < -0.4 is 0 Å². The van der Waals surface area contributed by atoms with Gasteiger partial charge in [-0.2, -0.15) is 0 Å². The lowest BCUT2D eigenvalue weighted by atomic mass is 9.84. The largest absolute Gasteiger partial charge is 0.342 e. The first kappa shape index (κ1) is 18.2. The summed E-state index contributed by atoms with van der Waals surface area (Å²) in [6.45, 7) is 4.67. The average Bonchev–Trinajstić information content (AvgIpc) is 2.94. The third-order valence-electron chi connectivity index (χ3n) is 6.11. The van der Waals surface area contributed by atoms with Gasteiger partial charge in [-0.15, -0.1) is 0 Å². The van der Waals surface area contributed by atoms with E-state index in [4.69, 9.17) is 0 Å². The zero-order valence-electron chi connectivity index (χ0n) is 16.0. The summed E-state index contributed by atoms with van der Waals surface area (Å²) in [5.74, 6) is 2.14. The van der Waals surface area contributed by atoms with Gasteiger partial charge in [0.05, 0.1) is 6.42 Å². The van der Waals surface area contributed by atoms with Crippen molar-refractivity contribution in [2.45, 2.75) is 57.9 Å². The van der Waals surface area contributed by atoms with E-state index in [2.05, 4.69) is 16.5 Å². The molecule has 2 heterocycles. The normalized spacial score (nSPS) is 20.5. The van der Waals surface area contributed by atoms with Gasteiger partial charge in [-0.3, -0.25) is 4.79 Å². The molecule has 5 heteroatoms. The Morgan fingerprint density at radius 3 is 2.85 bits per heavy atom. The molecule has 4 nitrogen and oxygen atoms in total. The van der Waals surface area contributed by atoms with Crippen molar-refractivity contribution in [3.05, 3.63) is 53.4 Å². The minimum atomic E-state index is -0.282. The number of benzene rings is 1. The van der Waals surface area contributed by atoms with Gasteiger partial charge in [0.15, 0.2) is 0 Å². The van der Waals surface area contributed by atoms with Crippen molar-refractivity contribution in [1.29, 1.82) is 0 Å². The lowest BCUT2D eigenvalue weighted by Gasteiger charge is -2.34. The van der Waals surface area contributed by atoms with E-state index in [-0.39, 0.29) is 18.1 Å². The molecule has 2 aromatic rings. The number of hydrogen-bond acceptors (Lipinski definition) is 2. The Morgan fingerprint density at radius 1 is 1.26 bits per heavy atom. The minimum absolute atomic E-state index is 0.104. The first-order valence-corrected chi connectivity index (χ1v) is 10.1. The maximum Gasteiger partial charge on any atom is 0.227 e. The second kappa shape index (κ2) is 7.83. The summed E-state index contributed by atoms with van der Waals surface area (Å²) in [5.41, 5.74) is 1.97. The van der Waals surface area contributed by atoms with Gasteiger partial charge in [-0.05, 0) is 56.2 Å². The van der Waals surface area contributed by atoms with Gasteiger partial charge in [0.2, 0.25) is 5.91 Å². The predicted molar refractivity (Wildman–Crippen MR) is 103 cm³/mol. The topological polar surface area (TPSA) is 38.1 Å². The standard InChI is InChI=1S/C22H28FN3O/c1-16-13-24-22(19-7-3-8-19)26(16)15-18-6-4-10-25(14-18)21(27)12-17-5-2-9-20(23)11-17/h2,5,9,11,13,18-19H,3-4,6-8,10,12,14-15H2,1H3. The monoisotopic (exact) mass is 369 g/mol. The number of halogens is 1. The fourth-order valence-electron chi connectivity index (χ4n) is 4.34. The molecular weight excluding hydrogens is 341 g/mol. The molecule has 0 N–H and O–H groups in total. The van der Waals surface area contributed by atoms with Crippen LogP contribution in [0.15, 0.2) is 30.5 Å². The van der Waals surface area contributed by atoms with Crippen LogP contribution in [0.4, 0.5) is 4.39 Å². The molecule has 1 atom stereocenters. The number of aromatic nitrogens is 2. The van der Waals surface area contributed by atoms with Gasteiger partial charge in [-0.25, -0.2) is 9.37 Å². The Kier molecular flexibility index (Phi) is 5.28. The second-order valence-electron chi connectivity index (χ2n) is 8.15. The molecule has 1 aromatic carbocycles. The highest BCUT2D eigenvalue weighted by Crippen LogP contribution is 2.36. The minimum Gasteiger partial charge on any atom is -0.342 e. The van der Waals surface area contributed by atoms with Crippen LogP contribution in [0.3, 0.4) is 0 Å². The molecule has 2 aliphatic rings. The number of carbonyl (C=O) groups excluding carboxylic acids is 1. The summed E-state index contributed by atoms with van der Waals surface area (Å²) < 4.78 is 15.8. The van der Waals surface area contributed by atoms with Crippen LogP contribution in [0.5, 0.6) is 0 Å². The van der Waals surface area contributed by atoms with Crippen molar-refractivity contribution in [1.82, 2.24) is 14.5 Å². The number of amides is 1. The Balaban J connectivity index is 1.40. The molecule has 1 aliphatic heterocycles. The van der Waals surface area contributed by atoms with Crippen LogP contribution in [0.2, 0.25) is 0 Å². The van der Waals surface area contributed by atoms with Crippen LogP contribution in [-0.2, 0) is 17.8 Å². The summed E-state index contributed by atoms with van der Waals surface area (Å²) in [4.78, 5) is 19.3. The van der Waals surface area contributed by atoms with Gasteiger partial charge in [-0.1, -0.05) is 18.6 Å². The lowest BCUT2D eigenvalue weighted by Crippen LogP contribution is -2.42. The van der Waals surface area contributed by atoms with E-state index >= 15 is 0 Å². The van der Waals surface area contributed by atoms with E-state index < -0.39 is 0 Å². The number of aryl methyl sites for hydroxylation is 1. The number of hydrogen-bond donors (Lipinski definition) is 0. The number of nitrogens with zero attached hydrogens (tertiary/aromatic N) is 3. The summed E-state index contributed by atoms with van der Waals surface area (Å²) in [6.07, 6.45) is 8.25. The van der Waals surface area contributed by atoms with E-state index in [1.165, 1.54) is 42.9 Å². The van der Waals surface area contributed by atoms with Crippen LogP contribution in [-0.4, -0.2) is 33.4 Å². The zero-order valence-corrected chi connectivity index (χ0v) is 16.0. The second-order valence-corrected chi connectivity index (χ2v) is 8.15. The quantitative estimate of drug-likeness (QED) is 0.796. The molecule has 1 amide bonds. The Hall–Kier alpha value is -2.17. The number of imidazole rings is 1. The predicted octanol–water partition coefficient (Wildman–Crippen LogP) is 4.08. The molecule has 0 spiro atoms. The Labute approximate surface area is 160 Å². The zero-order chi connectivity index (χ0) is 18.8. The molecule has 1 unspecified atom stereocenters. The maximum atomic E-state index is 13.4. The highest BCUT2D eigenvalue weighted by atomic mass is 19.1. The van der Waals surface area contributed by atoms with E-state index in [9.17, 15) is 9.18 Å². The van der Waals surface area contributed by atoms with E-state index in [1.807, 2.05) is 17.2 Å². The van der Waals surface area contributed by atoms with Crippen LogP contribution >= 0.6 is 0 Å². The fourth-order valence-corrected chi connectivity index (χ4v) is 4.34. The SMILES string of the molecule is Cc1cnc(C2CCC2)n1CC1CCCN(C(=O)Cc2cccc(F)c2)C1. The number of piperidine rings is 1. The molecule has 27 heavy (non-hydrogen) atoms. The maximum absolute atomic E-state index is 13.4. The van der Waals surface area contributed by atoms with Crippen LogP contribution in [0.1, 0.15) is 55.1 Å². The Bertz CT molecular complexity index is 812. The Morgan fingerprint density at radius 2 is 2.11 bits per heavy atom. The highest BCUT2D eigenvalue weighted by molar-refractivity contribution is 5.78. The van der Waals surface area contributed by atoms with Crippen molar-refractivity contribution in [2.24, 2.45) is 5.92 Å². The molecule has 1 saturated heterocycles. The number of likely N-dealkylation sites (tertiary alicyclic amines) is 1. The van der Waals surface area contributed by atoms with Gasteiger partial charge in [0.1, 0.15) is 11.6 Å². The van der Waals surface area contributed by atoms with Crippen molar-refractivity contribution in [2.75, 3.05) is 13.1 Å². The van der Waals surface area contributed by atoms with Crippen molar-refractivity contribution < 1.29 is 9.18 Å². The smallest absolute Gasteiger partial charge is 0.227 e. The average molecular weight is 369 g/mol. The van der Waals surface area contributed by atoms with Crippen LogP contribution in [0.25, 0.3) is 0 Å². The first-order valence-electron chi connectivity index (χ1n) is 10.1. The molecule has 2 fully saturated rings. The van der Waals surface area contributed by atoms with E-state index in [0.29, 0.717) is 11.8 Å². The van der Waals surface area contributed by atoms with Crippen LogP contribution in [0, 0.1) is 18.7 Å². The molecule has 1 aromatic heterocycles. The molecule has 1 aliphatic carbocycles. The van der Waals surface area contributed by atoms with Gasteiger partial charge < -0.3 is 9.47 Å². The first-order chi connectivity index (χ1) is 13.1. The fraction of sp³-hybridized carbons (Fsp3) is 0.545. The number of rotatable bonds is 5. The van der Waals surface area contributed by atoms with Gasteiger partial charge in [0, 0.05) is 37.4 Å². The lowest BCUT2D eigenvalue weighted by molar-refractivity contribution is -0.132. The number of carbonyl (C=O) groups is 1. The molecular formula is C22H28FN3O. The van der Waals surface area contributed by atoms with Gasteiger partial charge in [0.25, 0.3) is 0 Å². The molecule has 1 saturated carbocycles. The highest BCUT2D eigenvalue weighted by Gasteiger charge is 2.28.